The van der Waals surface area contributed by atoms with Crippen LogP contribution in [0, 0.1) is 0 Å². The number of nitrogens with one attached hydrogen (secondary N) is 2. The topological polar surface area (TPSA) is 93.5 Å². The van der Waals surface area contributed by atoms with Crippen LogP contribution >= 0.6 is 0 Å². The van der Waals surface area contributed by atoms with Crippen LogP contribution < -0.4 is 15.8 Å². The predicted molar refractivity (Wildman–Crippen MR) is 79.2 cm³/mol. The van der Waals surface area contributed by atoms with Gasteiger partial charge in [0.2, 0.25) is 10.0 Å². The SMILES string of the molecule is CNS(=O)(=O)c1ccc(NC2CCCC2OC)c(N)c1. The molecule has 6 nitrogen and oxygen atoms in total. The zero-order chi connectivity index (χ0) is 14.8. The zero-order valence-corrected chi connectivity index (χ0v) is 12.5. The Morgan fingerprint density at radius 1 is 1.35 bits per heavy atom. The van der Waals surface area contributed by atoms with Gasteiger partial charge in [-0.25, -0.2) is 13.1 Å². The van der Waals surface area contributed by atoms with E-state index in [-0.39, 0.29) is 17.0 Å². The van der Waals surface area contributed by atoms with Crippen LogP contribution in [0.4, 0.5) is 11.4 Å². The summed E-state index contributed by atoms with van der Waals surface area (Å²) in [5.74, 6) is 0. The lowest BCUT2D eigenvalue weighted by Crippen LogP contribution is -2.30. The summed E-state index contributed by atoms with van der Waals surface area (Å²) < 4.78 is 31.1. The Labute approximate surface area is 119 Å². The molecular weight excluding hydrogens is 278 g/mol. The molecule has 0 heterocycles. The van der Waals surface area contributed by atoms with Crippen molar-refractivity contribution in [1.82, 2.24) is 4.72 Å². The molecule has 2 atom stereocenters. The number of sulfonamides is 1. The van der Waals surface area contributed by atoms with Crippen LogP contribution in [-0.4, -0.2) is 34.7 Å². The summed E-state index contributed by atoms with van der Waals surface area (Å²) in [5, 5.41) is 3.34. The average molecular weight is 299 g/mol. The van der Waals surface area contributed by atoms with Gasteiger partial charge in [-0.05, 0) is 44.5 Å². The normalized spacial score (nSPS) is 22.9. The quantitative estimate of drug-likeness (QED) is 0.709. The number of nitrogens with two attached hydrogens (primary N) is 1. The van der Waals surface area contributed by atoms with Crippen LogP contribution in [0.1, 0.15) is 19.3 Å². The molecule has 0 amide bonds. The van der Waals surface area contributed by atoms with E-state index in [2.05, 4.69) is 10.0 Å². The summed E-state index contributed by atoms with van der Waals surface area (Å²) in [5.41, 5.74) is 7.11. The Bertz CT molecular complexity index is 574. The number of anilines is 2. The molecule has 0 aliphatic heterocycles. The van der Waals surface area contributed by atoms with E-state index >= 15 is 0 Å². The number of benzene rings is 1. The number of rotatable bonds is 5. The van der Waals surface area contributed by atoms with Crippen molar-refractivity contribution < 1.29 is 13.2 Å². The van der Waals surface area contributed by atoms with Gasteiger partial charge in [-0.1, -0.05) is 0 Å². The second kappa shape index (κ2) is 5.99. The number of ether oxygens (including phenoxy) is 1. The smallest absolute Gasteiger partial charge is 0.240 e. The standard InChI is InChI=1S/C13H21N3O3S/c1-15-20(17,18)9-6-7-11(10(14)8-9)16-12-4-3-5-13(12)19-2/h6-8,12-13,15-16H,3-5,14H2,1-2H3. The molecule has 0 bridgehead atoms. The molecule has 0 saturated heterocycles. The largest absolute Gasteiger partial charge is 0.397 e. The van der Waals surface area contributed by atoms with Gasteiger partial charge in [0.05, 0.1) is 28.4 Å². The third-order valence-electron chi connectivity index (χ3n) is 3.70. The first-order valence-electron chi connectivity index (χ1n) is 6.60. The molecule has 1 aromatic carbocycles. The first kappa shape index (κ1) is 15.1. The number of hydrogen-bond donors (Lipinski definition) is 3. The van der Waals surface area contributed by atoms with Gasteiger partial charge in [-0.3, -0.25) is 0 Å². The van der Waals surface area contributed by atoms with Crippen molar-refractivity contribution in [3.63, 3.8) is 0 Å². The first-order chi connectivity index (χ1) is 9.47. The molecule has 0 aromatic heterocycles. The summed E-state index contributed by atoms with van der Waals surface area (Å²) in [4.78, 5) is 0.165. The van der Waals surface area contributed by atoms with E-state index in [4.69, 9.17) is 10.5 Å². The van der Waals surface area contributed by atoms with Crippen molar-refractivity contribution in [2.45, 2.75) is 36.3 Å². The summed E-state index contributed by atoms with van der Waals surface area (Å²) in [6.45, 7) is 0. The van der Waals surface area contributed by atoms with Crippen LogP contribution in [0.5, 0.6) is 0 Å². The minimum Gasteiger partial charge on any atom is -0.397 e. The lowest BCUT2D eigenvalue weighted by atomic mass is 10.2. The third kappa shape index (κ3) is 3.05. The Balaban J connectivity index is 2.18. The lowest BCUT2D eigenvalue weighted by molar-refractivity contribution is 0.101. The van der Waals surface area contributed by atoms with Gasteiger partial charge in [0, 0.05) is 7.11 Å². The highest BCUT2D eigenvalue weighted by Crippen LogP contribution is 2.29. The average Bonchev–Trinajstić information content (AvgIpc) is 2.88. The van der Waals surface area contributed by atoms with E-state index in [1.54, 1.807) is 19.2 Å². The predicted octanol–water partition coefficient (Wildman–Crippen LogP) is 1.16. The fourth-order valence-electron chi connectivity index (χ4n) is 2.53. The minimum atomic E-state index is -3.46. The number of methoxy groups -OCH3 is 1. The van der Waals surface area contributed by atoms with Crippen molar-refractivity contribution in [2.24, 2.45) is 0 Å². The van der Waals surface area contributed by atoms with Gasteiger partial charge < -0.3 is 15.8 Å². The molecule has 1 aromatic rings. The van der Waals surface area contributed by atoms with Gasteiger partial charge in [-0.15, -0.1) is 0 Å². The molecule has 1 saturated carbocycles. The maximum Gasteiger partial charge on any atom is 0.240 e. The summed E-state index contributed by atoms with van der Waals surface area (Å²) in [7, 11) is -0.383. The Hall–Kier alpha value is -1.31. The van der Waals surface area contributed by atoms with Crippen LogP contribution in [0.2, 0.25) is 0 Å². The molecule has 0 spiro atoms. The number of nitrogen functional groups attached to an aromatic ring is 1. The minimum absolute atomic E-state index is 0.165. The van der Waals surface area contributed by atoms with Gasteiger partial charge in [0.15, 0.2) is 0 Å². The molecule has 1 aliphatic carbocycles. The monoisotopic (exact) mass is 299 g/mol. The van der Waals surface area contributed by atoms with Gasteiger partial charge in [0.25, 0.3) is 0 Å². The van der Waals surface area contributed by atoms with Gasteiger partial charge in [-0.2, -0.15) is 0 Å². The van der Waals surface area contributed by atoms with E-state index in [0.717, 1.165) is 24.9 Å². The summed E-state index contributed by atoms with van der Waals surface area (Å²) in [6, 6.07) is 4.92. The highest BCUT2D eigenvalue weighted by molar-refractivity contribution is 7.89. The molecular formula is C13H21N3O3S. The Kier molecular flexibility index (Phi) is 4.52. The molecule has 2 rings (SSSR count). The molecule has 7 heteroatoms. The van der Waals surface area contributed by atoms with Crippen molar-refractivity contribution in [3.05, 3.63) is 18.2 Å². The fourth-order valence-corrected chi connectivity index (χ4v) is 3.30. The molecule has 112 valence electrons. The van der Waals surface area contributed by atoms with Crippen LogP contribution in [0.15, 0.2) is 23.1 Å². The van der Waals surface area contributed by atoms with Crippen LogP contribution in [-0.2, 0) is 14.8 Å². The fraction of sp³-hybridized carbons (Fsp3) is 0.538. The molecule has 0 radical (unpaired) electrons. The van der Waals surface area contributed by atoms with E-state index in [0.29, 0.717) is 5.69 Å². The highest BCUT2D eigenvalue weighted by atomic mass is 32.2. The maximum absolute atomic E-state index is 11.7. The van der Waals surface area contributed by atoms with E-state index in [1.807, 2.05) is 0 Å². The van der Waals surface area contributed by atoms with E-state index < -0.39 is 10.0 Å². The zero-order valence-electron chi connectivity index (χ0n) is 11.7. The summed E-state index contributed by atoms with van der Waals surface area (Å²) >= 11 is 0. The second-order valence-corrected chi connectivity index (χ2v) is 6.80. The van der Waals surface area contributed by atoms with Gasteiger partial charge in [0.1, 0.15) is 0 Å². The Morgan fingerprint density at radius 2 is 2.10 bits per heavy atom. The van der Waals surface area contributed by atoms with Crippen LogP contribution in [0.25, 0.3) is 0 Å². The lowest BCUT2D eigenvalue weighted by Gasteiger charge is -2.22. The van der Waals surface area contributed by atoms with Crippen molar-refractivity contribution in [1.29, 1.82) is 0 Å². The summed E-state index contributed by atoms with van der Waals surface area (Å²) in [6.07, 6.45) is 3.34. The highest BCUT2D eigenvalue weighted by Gasteiger charge is 2.27. The third-order valence-corrected chi connectivity index (χ3v) is 5.11. The molecule has 2 unspecified atom stereocenters. The van der Waals surface area contributed by atoms with Crippen molar-refractivity contribution in [2.75, 3.05) is 25.2 Å². The second-order valence-electron chi connectivity index (χ2n) is 4.91. The van der Waals surface area contributed by atoms with Crippen LogP contribution in [0.3, 0.4) is 0 Å². The van der Waals surface area contributed by atoms with E-state index in [1.165, 1.54) is 13.1 Å². The number of hydrogen-bond acceptors (Lipinski definition) is 5. The molecule has 1 fully saturated rings. The van der Waals surface area contributed by atoms with E-state index in [9.17, 15) is 8.42 Å². The first-order valence-corrected chi connectivity index (χ1v) is 8.08. The van der Waals surface area contributed by atoms with Crippen molar-refractivity contribution >= 4 is 21.4 Å². The molecule has 20 heavy (non-hydrogen) atoms. The Morgan fingerprint density at radius 3 is 2.70 bits per heavy atom. The molecule has 4 N–H and O–H groups in total. The van der Waals surface area contributed by atoms with Crippen molar-refractivity contribution in [3.8, 4) is 0 Å². The maximum atomic E-state index is 11.7. The van der Waals surface area contributed by atoms with Gasteiger partial charge >= 0.3 is 0 Å². The molecule has 1 aliphatic rings.